The molecule has 17 heavy (non-hydrogen) atoms. The van der Waals surface area contributed by atoms with Crippen molar-refractivity contribution in [2.45, 2.75) is 0 Å². The number of urea groups is 1. The molecule has 1 aromatic rings. The molecular formula is C10H8IN3O3. The van der Waals surface area contributed by atoms with Crippen molar-refractivity contribution in [3.8, 4) is 0 Å². The van der Waals surface area contributed by atoms with Gasteiger partial charge in [0.1, 0.15) is 6.54 Å². The van der Waals surface area contributed by atoms with E-state index in [1.165, 1.54) is 0 Å². The van der Waals surface area contributed by atoms with Crippen molar-refractivity contribution in [2.75, 3.05) is 6.54 Å². The van der Waals surface area contributed by atoms with Crippen LogP contribution in [0.2, 0.25) is 0 Å². The lowest BCUT2D eigenvalue weighted by atomic mass is 10.2. The zero-order chi connectivity index (χ0) is 12.4. The number of amides is 4. The summed E-state index contributed by atoms with van der Waals surface area (Å²) >= 11 is 2.08. The van der Waals surface area contributed by atoms with Crippen LogP contribution in [0.3, 0.4) is 0 Å². The number of rotatable bonds is 2. The van der Waals surface area contributed by atoms with Crippen molar-refractivity contribution in [3.05, 3.63) is 33.4 Å². The number of nitrogens with one attached hydrogen (secondary N) is 2. The Kier molecular flexibility index (Phi) is 3.27. The predicted molar refractivity (Wildman–Crippen MR) is 66.9 cm³/mol. The summed E-state index contributed by atoms with van der Waals surface area (Å²) in [5, 5.41) is 3.02. The molecule has 0 saturated carbocycles. The van der Waals surface area contributed by atoms with E-state index < -0.39 is 17.8 Å². The molecule has 0 aliphatic carbocycles. The molecular weight excluding hydrogens is 337 g/mol. The maximum atomic E-state index is 11.8. The van der Waals surface area contributed by atoms with Crippen LogP contribution in [-0.4, -0.2) is 29.4 Å². The molecule has 2 N–H and O–H groups in total. The van der Waals surface area contributed by atoms with E-state index in [1.807, 2.05) is 6.07 Å². The second-order valence-corrected chi connectivity index (χ2v) is 4.64. The molecule has 1 saturated heterocycles. The number of benzene rings is 1. The maximum absolute atomic E-state index is 11.8. The molecule has 1 heterocycles. The fraction of sp³-hybridized carbons (Fsp3) is 0.100. The van der Waals surface area contributed by atoms with Gasteiger partial charge in [0, 0.05) is 9.13 Å². The number of nitrogens with zero attached hydrogens (tertiary/aromatic N) is 1. The molecule has 0 aromatic heterocycles. The van der Waals surface area contributed by atoms with Gasteiger partial charge < -0.3 is 0 Å². The van der Waals surface area contributed by atoms with Gasteiger partial charge in [-0.2, -0.15) is 0 Å². The quantitative estimate of drug-likeness (QED) is 0.605. The largest absolute Gasteiger partial charge is 0.343 e. The molecule has 88 valence electrons. The minimum Gasteiger partial charge on any atom is -0.275 e. The van der Waals surface area contributed by atoms with E-state index in [9.17, 15) is 14.4 Å². The molecule has 1 aromatic carbocycles. The van der Waals surface area contributed by atoms with Gasteiger partial charge in [0.25, 0.3) is 5.91 Å². The van der Waals surface area contributed by atoms with Gasteiger partial charge in [0.2, 0.25) is 5.91 Å². The smallest absolute Gasteiger partial charge is 0.275 e. The van der Waals surface area contributed by atoms with Crippen LogP contribution in [0.1, 0.15) is 10.4 Å². The third-order valence-electron chi connectivity index (χ3n) is 2.12. The van der Waals surface area contributed by atoms with Crippen LogP contribution >= 0.6 is 22.6 Å². The summed E-state index contributed by atoms with van der Waals surface area (Å²) in [7, 11) is 0. The normalized spacial score (nSPS) is 14.8. The van der Waals surface area contributed by atoms with Crippen molar-refractivity contribution in [2.24, 2.45) is 0 Å². The highest BCUT2D eigenvalue weighted by Crippen LogP contribution is 2.08. The van der Waals surface area contributed by atoms with Gasteiger partial charge in [0.05, 0.1) is 0 Å². The van der Waals surface area contributed by atoms with Crippen LogP contribution in [0, 0.1) is 3.57 Å². The van der Waals surface area contributed by atoms with Gasteiger partial charge in [-0.3, -0.25) is 20.3 Å². The number of imide groups is 1. The topological polar surface area (TPSA) is 78.5 Å². The van der Waals surface area contributed by atoms with Gasteiger partial charge in [0.15, 0.2) is 0 Å². The first kappa shape index (κ1) is 11.8. The summed E-state index contributed by atoms with van der Waals surface area (Å²) in [6.45, 7) is -0.158. The highest BCUT2D eigenvalue weighted by Gasteiger charge is 2.28. The molecule has 0 spiro atoms. The average molecular weight is 345 g/mol. The van der Waals surface area contributed by atoms with Crippen molar-refractivity contribution < 1.29 is 14.4 Å². The molecule has 4 amide bonds. The lowest BCUT2D eigenvalue weighted by Crippen LogP contribution is -2.44. The van der Waals surface area contributed by atoms with Gasteiger partial charge in [-0.05, 0) is 40.8 Å². The van der Waals surface area contributed by atoms with Crippen LogP contribution in [0.25, 0.3) is 0 Å². The Hall–Kier alpha value is -1.64. The standard InChI is InChI=1S/C10H8IN3O3/c11-7-3-1-2-6(4-7)9(16)13-14-5-8(15)12-10(14)17/h1-4H,5H2,(H,13,16)(H,12,15,17). The van der Waals surface area contributed by atoms with Crippen molar-refractivity contribution >= 4 is 40.4 Å². The number of hydrogen-bond acceptors (Lipinski definition) is 3. The fourth-order valence-corrected chi connectivity index (χ4v) is 1.89. The molecule has 0 radical (unpaired) electrons. The molecule has 6 nitrogen and oxygen atoms in total. The van der Waals surface area contributed by atoms with Crippen molar-refractivity contribution in [3.63, 3.8) is 0 Å². The minimum absolute atomic E-state index is 0.158. The first-order valence-corrected chi connectivity index (χ1v) is 5.82. The maximum Gasteiger partial charge on any atom is 0.343 e. The molecule has 1 fully saturated rings. The summed E-state index contributed by atoms with van der Waals surface area (Å²) in [6.07, 6.45) is 0. The molecule has 0 bridgehead atoms. The monoisotopic (exact) mass is 345 g/mol. The number of hydrogen-bond donors (Lipinski definition) is 2. The Bertz CT molecular complexity index is 503. The van der Waals surface area contributed by atoms with Gasteiger partial charge in [-0.1, -0.05) is 6.07 Å². The van der Waals surface area contributed by atoms with E-state index in [1.54, 1.807) is 18.2 Å². The van der Waals surface area contributed by atoms with E-state index in [4.69, 9.17) is 0 Å². The summed E-state index contributed by atoms with van der Waals surface area (Å²) < 4.78 is 0.914. The number of carbonyl (C=O) groups excluding carboxylic acids is 3. The van der Waals surface area contributed by atoms with Gasteiger partial charge >= 0.3 is 6.03 Å². The van der Waals surface area contributed by atoms with Crippen LogP contribution in [0.4, 0.5) is 4.79 Å². The molecule has 2 rings (SSSR count). The molecule has 0 atom stereocenters. The Labute approximate surface area is 110 Å². The van der Waals surface area contributed by atoms with Crippen LogP contribution < -0.4 is 10.7 Å². The van der Waals surface area contributed by atoms with Crippen molar-refractivity contribution in [1.82, 2.24) is 15.8 Å². The lowest BCUT2D eigenvalue weighted by Gasteiger charge is -2.14. The summed E-state index contributed by atoms with van der Waals surface area (Å²) in [4.78, 5) is 33.9. The summed E-state index contributed by atoms with van der Waals surface area (Å²) in [6, 6.07) is 6.29. The first-order chi connectivity index (χ1) is 8.06. The van der Waals surface area contributed by atoms with E-state index in [2.05, 4.69) is 33.3 Å². The van der Waals surface area contributed by atoms with Crippen LogP contribution in [-0.2, 0) is 4.79 Å². The lowest BCUT2D eigenvalue weighted by molar-refractivity contribution is -0.118. The molecule has 7 heteroatoms. The fourth-order valence-electron chi connectivity index (χ4n) is 1.35. The Morgan fingerprint density at radius 1 is 1.41 bits per heavy atom. The Balaban J connectivity index is 2.07. The van der Waals surface area contributed by atoms with Gasteiger partial charge in [-0.25, -0.2) is 9.80 Å². The predicted octanol–water partition coefficient (Wildman–Crippen LogP) is 0.488. The number of hydrazine groups is 1. The second-order valence-electron chi connectivity index (χ2n) is 3.39. The highest BCUT2D eigenvalue weighted by atomic mass is 127. The van der Waals surface area contributed by atoms with E-state index in [0.29, 0.717) is 5.56 Å². The molecule has 1 aliphatic heterocycles. The number of carbonyl (C=O) groups is 3. The second kappa shape index (κ2) is 4.70. The Morgan fingerprint density at radius 3 is 2.76 bits per heavy atom. The van der Waals surface area contributed by atoms with E-state index in [-0.39, 0.29) is 6.54 Å². The first-order valence-electron chi connectivity index (χ1n) is 4.74. The minimum atomic E-state index is -0.617. The van der Waals surface area contributed by atoms with Crippen LogP contribution in [0.5, 0.6) is 0 Å². The van der Waals surface area contributed by atoms with E-state index >= 15 is 0 Å². The third-order valence-corrected chi connectivity index (χ3v) is 2.79. The SMILES string of the molecule is O=C1CN(NC(=O)c2cccc(I)c2)C(=O)N1. The third kappa shape index (κ3) is 2.73. The highest BCUT2D eigenvalue weighted by molar-refractivity contribution is 14.1. The summed E-state index contributed by atoms with van der Waals surface area (Å²) in [5.74, 6) is -0.855. The molecule has 0 unspecified atom stereocenters. The van der Waals surface area contributed by atoms with Crippen LogP contribution in [0.15, 0.2) is 24.3 Å². The number of halogens is 1. The molecule has 1 aliphatic rings. The van der Waals surface area contributed by atoms with Crippen molar-refractivity contribution in [1.29, 1.82) is 0 Å². The Morgan fingerprint density at radius 2 is 2.18 bits per heavy atom. The summed E-state index contributed by atoms with van der Waals surface area (Å²) in [5.41, 5.74) is 2.80. The zero-order valence-electron chi connectivity index (χ0n) is 8.57. The zero-order valence-corrected chi connectivity index (χ0v) is 10.7. The van der Waals surface area contributed by atoms with Gasteiger partial charge in [-0.15, -0.1) is 0 Å². The average Bonchev–Trinajstić information content (AvgIpc) is 2.57. The van der Waals surface area contributed by atoms with E-state index in [0.717, 1.165) is 8.58 Å².